The molecule has 1 atom stereocenters. The van der Waals surface area contributed by atoms with Gasteiger partial charge in [0.2, 0.25) is 5.91 Å². The number of urea groups is 1. The van der Waals surface area contributed by atoms with Gasteiger partial charge in [-0.2, -0.15) is 0 Å². The highest BCUT2D eigenvalue weighted by molar-refractivity contribution is 6.07. The molecule has 4 N–H and O–H groups in total. The molecule has 2 aromatic carbocycles. The van der Waals surface area contributed by atoms with Crippen LogP contribution in [0.25, 0.3) is 0 Å². The number of amides is 3. The van der Waals surface area contributed by atoms with Crippen LogP contribution in [0.2, 0.25) is 0 Å². The normalized spacial score (nSPS) is 17.4. The highest BCUT2D eigenvalue weighted by Gasteiger charge is 2.62. The van der Waals surface area contributed by atoms with Gasteiger partial charge in [0, 0.05) is 11.4 Å². The third-order valence-electron chi connectivity index (χ3n) is 5.34. The lowest BCUT2D eigenvalue weighted by Crippen LogP contribution is -2.73. The SMILES string of the molecule is CCC1(CC)C(=O)N(C(=O)Nc2ccc(N)cc2)C1Oc1ccc(C(=O)O)cc1. The van der Waals surface area contributed by atoms with Crippen molar-refractivity contribution in [2.75, 3.05) is 11.1 Å². The third-order valence-corrected chi connectivity index (χ3v) is 5.34. The zero-order valence-electron chi connectivity index (χ0n) is 16.2. The van der Waals surface area contributed by atoms with Crippen molar-refractivity contribution in [2.24, 2.45) is 5.41 Å². The number of β-lactam (4-membered cyclic amide) rings is 1. The highest BCUT2D eigenvalue weighted by Crippen LogP contribution is 2.46. The van der Waals surface area contributed by atoms with Crippen molar-refractivity contribution in [3.05, 3.63) is 54.1 Å². The van der Waals surface area contributed by atoms with Crippen molar-refractivity contribution in [3.63, 3.8) is 0 Å². The number of carbonyl (C=O) groups is 3. The van der Waals surface area contributed by atoms with Crippen molar-refractivity contribution < 1.29 is 24.2 Å². The van der Waals surface area contributed by atoms with Crippen LogP contribution in [0.5, 0.6) is 5.75 Å². The van der Waals surface area contributed by atoms with Gasteiger partial charge in [0.1, 0.15) is 11.2 Å². The molecule has 8 heteroatoms. The molecule has 3 rings (SSSR count). The molecule has 0 aromatic heterocycles. The topological polar surface area (TPSA) is 122 Å². The molecule has 0 saturated carbocycles. The van der Waals surface area contributed by atoms with E-state index in [4.69, 9.17) is 15.6 Å². The maximum absolute atomic E-state index is 12.9. The third kappa shape index (κ3) is 3.61. The van der Waals surface area contributed by atoms with E-state index in [1.807, 2.05) is 13.8 Å². The van der Waals surface area contributed by atoms with E-state index in [0.717, 1.165) is 4.90 Å². The zero-order chi connectivity index (χ0) is 21.2. The lowest BCUT2D eigenvalue weighted by molar-refractivity contribution is -0.190. The molecule has 1 aliphatic rings. The van der Waals surface area contributed by atoms with Gasteiger partial charge < -0.3 is 20.9 Å². The van der Waals surface area contributed by atoms with Gasteiger partial charge in [-0.25, -0.2) is 14.5 Å². The van der Waals surface area contributed by atoms with Crippen LogP contribution in [0.15, 0.2) is 48.5 Å². The fourth-order valence-electron chi connectivity index (χ4n) is 3.45. The van der Waals surface area contributed by atoms with Gasteiger partial charge in [0.25, 0.3) is 0 Å². The summed E-state index contributed by atoms with van der Waals surface area (Å²) in [5.74, 6) is -0.969. The van der Waals surface area contributed by atoms with Gasteiger partial charge in [-0.15, -0.1) is 0 Å². The monoisotopic (exact) mass is 397 g/mol. The van der Waals surface area contributed by atoms with E-state index in [1.54, 1.807) is 24.3 Å². The van der Waals surface area contributed by atoms with Crippen molar-refractivity contribution >= 4 is 29.3 Å². The fraction of sp³-hybridized carbons (Fsp3) is 0.286. The number of anilines is 2. The summed E-state index contributed by atoms with van der Waals surface area (Å²) in [7, 11) is 0. The Morgan fingerprint density at radius 2 is 1.69 bits per heavy atom. The second kappa shape index (κ2) is 7.83. The van der Waals surface area contributed by atoms with Crippen LogP contribution >= 0.6 is 0 Å². The standard InChI is InChI=1S/C21H23N3O5/c1-3-21(4-2)18(27)24(20(28)23-15-9-7-14(22)8-10-15)19(21)29-16-11-5-13(6-12-16)17(25)26/h5-12,19H,3-4,22H2,1-2H3,(H,23,28)(H,25,26). The number of likely N-dealkylation sites (tertiary alicyclic amines) is 1. The van der Waals surface area contributed by atoms with Gasteiger partial charge in [0.15, 0.2) is 6.23 Å². The fourth-order valence-corrected chi connectivity index (χ4v) is 3.45. The molecule has 1 unspecified atom stereocenters. The van der Waals surface area contributed by atoms with Crippen molar-refractivity contribution in [1.82, 2.24) is 4.90 Å². The number of nitrogens with two attached hydrogens (primary N) is 1. The number of rotatable bonds is 6. The lowest BCUT2D eigenvalue weighted by Gasteiger charge is -2.53. The molecule has 29 heavy (non-hydrogen) atoms. The molecular formula is C21H23N3O5. The maximum Gasteiger partial charge on any atom is 0.335 e. The maximum atomic E-state index is 12.9. The first kappa shape index (κ1) is 20.2. The Hall–Kier alpha value is -3.55. The smallest absolute Gasteiger partial charge is 0.335 e. The Morgan fingerprint density at radius 3 is 2.21 bits per heavy atom. The number of carbonyl (C=O) groups excluding carboxylic acids is 2. The highest BCUT2D eigenvalue weighted by atomic mass is 16.5. The van der Waals surface area contributed by atoms with E-state index in [0.29, 0.717) is 30.0 Å². The summed E-state index contributed by atoms with van der Waals surface area (Å²) >= 11 is 0. The Balaban J connectivity index is 1.83. The van der Waals surface area contributed by atoms with Crippen LogP contribution in [0.4, 0.5) is 16.2 Å². The zero-order valence-corrected chi connectivity index (χ0v) is 16.2. The Morgan fingerprint density at radius 1 is 1.10 bits per heavy atom. The van der Waals surface area contributed by atoms with Gasteiger partial charge in [-0.1, -0.05) is 13.8 Å². The molecule has 1 fully saturated rings. The first-order valence-corrected chi connectivity index (χ1v) is 9.32. The molecule has 8 nitrogen and oxygen atoms in total. The van der Waals surface area contributed by atoms with Crippen LogP contribution in [0, 0.1) is 5.41 Å². The molecule has 1 aliphatic heterocycles. The minimum Gasteiger partial charge on any atom is -0.478 e. The quantitative estimate of drug-likeness (QED) is 0.506. The van der Waals surface area contributed by atoms with Crippen LogP contribution < -0.4 is 15.8 Å². The van der Waals surface area contributed by atoms with Crippen LogP contribution in [0.3, 0.4) is 0 Å². The summed E-state index contributed by atoms with van der Waals surface area (Å²) in [4.78, 5) is 37.7. The molecule has 0 spiro atoms. The van der Waals surface area contributed by atoms with Crippen LogP contribution in [-0.4, -0.2) is 34.1 Å². The van der Waals surface area contributed by atoms with Crippen molar-refractivity contribution in [3.8, 4) is 5.75 Å². The van der Waals surface area contributed by atoms with E-state index < -0.39 is 23.6 Å². The predicted molar refractivity (Wildman–Crippen MR) is 108 cm³/mol. The molecule has 3 amide bonds. The summed E-state index contributed by atoms with van der Waals surface area (Å²) in [6.07, 6.45) is 0.215. The summed E-state index contributed by atoms with van der Waals surface area (Å²) in [6, 6.07) is 11.8. The van der Waals surface area contributed by atoms with E-state index >= 15 is 0 Å². The van der Waals surface area contributed by atoms with E-state index in [1.165, 1.54) is 24.3 Å². The Bertz CT molecular complexity index is 920. The molecule has 0 aliphatic carbocycles. The van der Waals surface area contributed by atoms with E-state index in [9.17, 15) is 14.4 Å². The number of nitrogens with zero attached hydrogens (tertiary/aromatic N) is 1. The number of nitrogens with one attached hydrogen (secondary N) is 1. The number of ether oxygens (including phenoxy) is 1. The molecule has 152 valence electrons. The average Bonchev–Trinajstić information content (AvgIpc) is 2.71. The van der Waals surface area contributed by atoms with Crippen molar-refractivity contribution in [2.45, 2.75) is 32.9 Å². The molecule has 1 heterocycles. The summed E-state index contributed by atoms with van der Waals surface area (Å²) in [5.41, 5.74) is 6.03. The van der Waals surface area contributed by atoms with Gasteiger partial charge in [0.05, 0.1) is 5.56 Å². The molecule has 0 bridgehead atoms. The van der Waals surface area contributed by atoms with E-state index in [-0.39, 0.29) is 11.5 Å². The largest absolute Gasteiger partial charge is 0.478 e. The van der Waals surface area contributed by atoms with Crippen LogP contribution in [0.1, 0.15) is 37.0 Å². The molecule has 2 aromatic rings. The average molecular weight is 397 g/mol. The summed E-state index contributed by atoms with van der Waals surface area (Å²) in [5, 5.41) is 11.7. The Labute approximate surface area is 168 Å². The lowest BCUT2D eigenvalue weighted by atomic mass is 9.72. The molecule has 1 saturated heterocycles. The number of imide groups is 1. The number of benzene rings is 2. The van der Waals surface area contributed by atoms with Gasteiger partial charge in [-0.3, -0.25) is 4.79 Å². The minimum absolute atomic E-state index is 0.122. The number of aromatic carboxylic acids is 1. The number of hydrogen-bond donors (Lipinski definition) is 3. The predicted octanol–water partition coefficient (Wildman–Crippen LogP) is 3.55. The molecule has 0 radical (unpaired) electrons. The van der Waals surface area contributed by atoms with Crippen molar-refractivity contribution in [1.29, 1.82) is 0 Å². The second-order valence-corrected chi connectivity index (χ2v) is 6.89. The Kier molecular flexibility index (Phi) is 5.45. The summed E-state index contributed by atoms with van der Waals surface area (Å²) in [6.45, 7) is 3.75. The first-order valence-electron chi connectivity index (χ1n) is 9.32. The number of nitrogen functional groups attached to an aromatic ring is 1. The van der Waals surface area contributed by atoms with E-state index in [2.05, 4.69) is 5.32 Å². The van der Waals surface area contributed by atoms with Gasteiger partial charge in [-0.05, 0) is 61.4 Å². The molecular weight excluding hydrogens is 374 g/mol. The second-order valence-electron chi connectivity index (χ2n) is 6.89. The number of hydrogen-bond acceptors (Lipinski definition) is 5. The van der Waals surface area contributed by atoms with Crippen LogP contribution in [-0.2, 0) is 4.79 Å². The number of carboxylic acid groups (broad SMARTS) is 1. The number of carboxylic acids is 1. The minimum atomic E-state index is -1.05. The summed E-state index contributed by atoms with van der Waals surface area (Å²) < 4.78 is 5.98. The van der Waals surface area contributed by atoms with Gasteiger partial charge >= 0.3 is 12.0 Å². The first-order chi connectivity index (χ1) is 13.8.